The highest BCUT2D eigenvalue weighted by molar-refractivity contribution is 5.84. The first-order valence-corrected chi connectivity index (χ1v) is 6.24. The van der Waals surface area contributed by atoms with Crippen molar-refractivity contribution in [1.82, 2.24) is 0 Å². The molecule has 0 radical (unpaired) electrons. The number of Topliss-reactive ketones (excluding diaryl/α,β-unsaturated/α-hetero) is 2. The second-order valence-corrected chi connectivity index (χ2v) is 5.61. The minimum atomic E-state index is -0.328. The van der Waals surface area contributed by atoms with Gasteiger partial charge in [0.15, 0.2) is 0 Å². The summed E-state index contributed by atoms with van der Waals surface area (Å²) < 4.78 is 0. The second kappa shape index (κ2) is 6.17. The molecule has 0 aliphatic carbocycles. The molecule has 0 fully saturated rings. The fourth-order valence-electron chi connectivity index (χ4n) is 2.04. The van der Waals surface area contributed by atoms with Gasteiger partial charge in [0.1, 0.15) is 11.6 Å². The minimum absolute atomic E-state index is 0.0360. The molecule has 0 aliphatic rings. The predicted octanol–water partition coefficient (Wildman–Crippen LogP) is 3.63. The predicted molar refractivity (Wildman–Crippen MR) is 67.3 cm³/mol. The van der Waals surface area contributed by atoms with E-state index >= 15 is 0 Å². The van der Waals surface area contributed by atoms with Gasteiger partial charge in [0.2, 0.25) is 0 Å². The molecule has 0 saturated carbocycles. The minimum Gasteiger partial charge on any atom is -0.300 e. The van der Waals surface area contributed by atoms with Gasteiger partial charge < -0.3 is 0 Å². The van der Waals surface area contributed by atoms with Crippen molar-refractivity contribution in [2.45, 2.75) is 60.8 Å². The molecule has 0 heterocycles. The zero-order chi connectivity index (χ0) is 12.9. The van der Waals surface area contributed by atoms with Crippen molar-refractivity contribution in [3.8, 4) is 0 Å². The molecule has 0 N–H and O–H groups in total. The lowest BCUT2D eigenvalue weighted by Gasteiger charge is -2.29. The van der Waals surface area contributed by atoms with Gasteiger partial charge in [0.05, 0.1) is 0 Å². The smallest absolute Gasteiger partial charge is 0.135 e. The third kappa shape index (κ3) is 4.46. The molecular formula is C14H26O2. The molecule has 0 aromatic carbocycles. The van der Waals surface area contributed by atoms with E-state index < -0.39 is 0 Å². The molecule has 0 amide bonds. The number of rotatable bonds is 7. The summed E-state index contributed by atoms with van der Waals surface area (Å²) >= 11 is 0. The Morgan fingerprint density at radius 2 is 1.69 bits per heavy atom. The largest absolute Gasteiger partial charge is 0.300 e. The summed E-state index contributed by atoms with van der Waals surface area (Å²) in [5, 5.41) is 0. The van der Waals surface area contributed by atoms with Crippen LogP contribution < -0.4 is 0 Å². The standard InChI is InChI=1S/C14H26O2/c1-7-14(6,12(5)16)9-13(11(4)15)8-10(2)3/h10,13H,7-9H2,1-6H3. The van der Waals surface area contributed by atoms with Crippen molar-refractivity contribution in [2.75, 3.05) is 0 Å². The summed E-state index contributed by atoms with van der Waals surface area (Å²) in [7, 11) is 0. The molecule has 0 rings (SSSR count). The van der Waals surface area contributed by atoms with E-state index in [4.69, 9.17) is 0 Å². The molecule has 2 heteroatoms. The number of carbonyl (C=O) groups is 2. The maximum Gasteiger partial charge on any atom is 0.135 e. The van der Waals surface area contributed by atoms with Gasteiger partial charge in [-0.2, -0.15) is 0 Å². The van der Waals surface area contributed by atoms with Crippen molar-refractivity contribution in [3.05, 3.63) is 0 Å². The van der Waals surface area contributed by atoms with Crippen molar-refractivity contribution in [2.24, 2.45) is 17.3 Å². The Morgan fingerprint density at radius 1 is 1.19 bits per heavy atom. The molecular weight excluding hydrogens is 200 g/mol. The summed E-state index contributed by atoms with van der Waals surface area (Å²) in [5.74, 6) is 0.954. The fraction of sp³-hybridized carbons (Fsp3) is 0.857. The quantitative estimate of drug-likeness (QED) is 0.664. The van der Waals surface area contributed by atoms with E-state index in [1.54, 1.807) is 13.8 Å². The van der Waals surface area contributed by atoms with Gasteiger partial charge in [-0.1, -0.05) is 27.7 Å². The van der Waals surface area contributed by atoms with Crippen molar-refractivity contribution in [1.29, 1.82) is 0 Å². The summed E-state index contributed by atoms with van der Waals surface area (Å²) in [6.07, 6.45) is 2.40. The first-order valence-electron chi connectivity index (χ1n) is 6.24. The summed E-state index contributed by atoms with van der Waals surface area (Å²) in [4.78, 5) is 23.2. The molecule has 2 atom stereocenters. The van der Waals surface area contributed by atoms with Crippen LogP contribution in [0.15, 0.2) is 0 Å². The van der Waals surface area contributed by atoms with Gasteiger partial charge in [-0.05, 0) is 39.0 Å². The molecule has 0 spiro atoms. The maximum atomic E-state index is 11.6. The third-order valence-corrected chi connectivity index (χ3v) is 3.66. The Bertz CT molecular complexity index is 255. The molecule has 2 unspecified atom stereocenters. The van der Waals surface area contributed by atoms with Crippen LogP contribution in [-0.2, 0) is 9.59 Å². The van der Waals surface area contributed by atoms with Gasteiger partial charge in [-0.15, -0.1) is 0 Å². The first kappa shape index (κ1) is 15.3. The lowest BCUT2D eigenvalue weighted by Crippen LogP contribution is -2.30. The van der Waals surface area contributed by atoms with Crippen molar-refractivity contribution in [3.63, 3.8) is 0 Å². The van der Waals surface area contributed by atoms with Gasteiger partial charge >= 0.3 is 0 Å². The number of carbonyl (C=O) groups excluding carboxylic acids is 2. The number of hydrogen-bond acceptors (Lipinski definition) is 2. The van der Waals surface area contributed by atoms with E-state index in [-0.39, 0.29) is 22.9 Å². The number of hydrogen-bond donors (Lipinski definition) is 0. The van der Waals surface area contributed by atoms with E-state index in [0.29, 0.717) is 12.3 Å². The normalized spacial score (nSPS) is 16.9. The van der Waals surface area contributed by atoms with Crippen LogP contribution in [0.3, 0.4) is 0 Å². The summed E-state index contributed by atoms with van der Waals surface area (Å²) in [6.45, 7) is 11.5. The van der Waals surface area contributed by atoms with E-state index in [9.17, 15) is 9.59 Å². The zero-order valence-corrected chi connectivity index (χ0v) is 11.6. The highest BCUT2D eigenvalue weighted by Crippen LogP contribution is 2.33. The molecule has 0 saturated heterocycles. The Labute approximate surface area is 99.8 Å². The maximum absolute atomic E-state index is 11.6. The van der Waals surface area contributed by atoms with Crippen LogP contribution in [0.2, 0.25) is 0 Å². The van der Waals surface area contributed by atoms with Crippen LogP contribution in [-0.4, -0.2) is 11.6 Å². The third-order valence-electron chi connectivity index (χ3n) is 3.66. The molecule has 0 aromatic heterocycles. The second-order valence-electron chi connectivity index (χ2n) is 5.61. The van der Waals surface area contributed by atoms with Gasteiger partial charge in [0, 0.05) is 11.3 Å². The summed E-state index contributed by atoms with van der Waals surface area (Å²) in [6, 6.07) is 0. The van der Waals surface area contributed by atoms with Crippen LogP contribution >= 0.6 is 0 Å². The molecule has 0 aromatic rings. The first-order chi connectivity index (χ1) is 7.23. The molecule has 2 nitrogen and oxygen atoms in total. The Hall–Kier alpha value is -0.660. The van der Waals surface area contributed by atoms with E-state index in [1.165, 1.54) is 0 Å². The Balaban J connectivity index is 4.72. The molecule has 0 bridgehead atoms. The van der Waals surface area contributed by atoms with E-state index in [1.807, 2.05) is 13.8 Å². The van der Waals surface area contributed by atoms with Gasteiger partial charge in [-0.3, -0.25) is 9.59 Å². The van der Waals surface area contributed by atoms with Gasteiger partial charge in [-0.25, -0.2) is 0 Å². The highest BCUT2D eigenvalue weighted by atomic mass is 16.1. The SMILES string of the molecule is CCC(C)(CC(CC(C)C)C(C)=O)C(C)=O. The van der Waals surface area contributed by atoms with Gasteiger partial charge in [0.25, 0.3) is 0 Å². The molecule has 94 valence electrons. The van der Waals surface area contributed by atoms with Crippen LogP contribution in [0.25, 0.3) is 0 Å². The highest BCUT2D eigenvalue weighted by Gasteiger charge is 2.32. The van der Waals surface area contributed by atoms with Crippen LogP contribution in [0.4, 0.5) is 0 Å². The molecule has 0 aliphatic heterocycles. The zero-order valence-electron chi connectivity index (χ0n) is 11.6. The monoisotopic (exact) mass is 226 g/mol. The summed E-state index contributed by atoms with van der Waals surface area (Å²) in [5.41, 5.74) is -0.328. The molecule has 16 heavy (non-hydrogen) atoms. The fourth-order valence-corrected chi connectivity index (χ4v) is 2.04. The average Bonchev–Trinajstić information content (AvgIpc) is 2.15. The number of ketones is 2. The van der Waals surface area contributed by atoms with Crippen molar-refractivity contribution < 1.29 is 9.59 Å². The van der Waals surface area contributed by atoms with E-state index in [0.717, 1.165) is 12.8 Å². The topological polar surface area (TPSA) is 34.1 Å². The van der Waals surface area contributed by atoms with Crippen LogP contribution in [0.5, 0.6) is 0 Å². The van der Waals surface area contributed by atoms with Crippen LogP contribution in [0.1, 0.15) is 60.8 Å². The Morgan fingerprint density at radius 3 is 1.94 bits per heavy atom. The van der Waals surface area contributed by atoms with E-state index in [2.05, 4.69) is 13.8 Å². The average molecular weight is 226 g/mol. The van der Waals surface area contributed by atoms with Crippen LogP contribution in [0, 0.1) is 17.3 Å². The lowest BCUT2D eigenvalue weighted by atomic mass is 9.73. The van der Waals surface area contributed by atoms with Crippen molar-refractivity contribution >= 4 is 11.6 Å². The lowest BCUT2D eigenvalue weighted by molar-refractivity contribution is -0.129. The Kier molecular flexibility index (Phi) is 5.91.